The van der Waals surface area contributed by atoms with Crippen LogP contribution in [-0.4, -0.2) is 37.2 Å². The number of esters is 3. The van der Waals surface area contributed by atoms with E-state index >= 15 is 0 Å². The van der Waals surface area contributed by atoms with E-state index < -0.39 is 6.10 Å². The van der Waals surface area contributed by atoms with E-state index in [1.54, 1.807) is 0 Å². The van der Waals surface area contributed by atoms with Crippen molar-refractivity contribution in [3.8, 4) is 0 Å². The summed E-state index contributed by atoms with van der Waals surface area (Å²) < 4.78 is 16.8. The fraction of sp³-hybridized carbons (Fsp3) is 0.943. The lowest BCUT2D eigenvalue weighted by Gasteiger charge is -2.18. The molecule has 0 saturated heterocycles. The lowest BCUT2D eigenvalue weighted by Crippen LogP contribution is -2.30. The second kappa shape index (κ2) is 49.1. The Morgan fingerprint density at radius 2 is 0.458 bits per heavy atom. The molecule has 0 spiro atoms. The molecule has 0 saturated carbocycles. The van der Waals surface area contributed by atoms with Crippen LogP contribution in [0.15, 0.2) is 0 Å². The highest BCUT2D eigenvalue weighted by Crippen LogP contribution is 2.17. The molecule has 0 aliphatic carbocycles. The molecule has 59 heavy (non-hydrogen) atoms. The Kier molecular flexibility index (Phi) is 47.7. The molecule has 6 heteroatoms. The monoisotopic (exact) mass is 835 g/mol. The van der Waals surface area contributed by atoms with Gasteiger partial charge in [-0.3, -0.25) is 14.4 Å². The van der Waals surface area contributed by atoms with Gasteiger partial charge in [0.2, 0.25) is 0 Å². The van der Waals surface area contributed by atoms with E-state index in [1.165, 1.54) is 205 Å². The van der Waals surface area contributed by atoms with E-state index in [9.17, 15) is 14.4 Å². The maximum Gasteiger partial charge on any atom is 0.306 e. The van der Waals surface area contributed by atoms with Crippen molar-refractivity contribution in [3.05, 3.63) is 0 Å². The van der Waals surface area contributed by atoms with Crippen LogP contribution in [-0.2, 0) is 28.6 Å². The largest absolute Gasteiger partial charge is 0.462 e. The van der Waals surface area contributed by atoms with Crippen molar-refractivity contribution in [2.75, 3.05) is 13.2 Å². The average molecular weight is 835 g/mol. The van der Waals surface area contributed by atoms with Gasteiger partial charge in [0.15, 0.2) is 6.10 Å². The number of hydrogen-bond acceptors (Lipinski definition) is 6. The smallest absolute Gasteiger partial charge is 0.306 e. The standard InChI is InChI=1S/C53H102O6/c1-4-7-10-13-16-19-21-23-25-27-29-31-34-37-40-43-46-52(55)58-49-50(48-57-51(54)45-42-39-36-33-18-15-12-9-6-3)59-53(56)47-44-41-38-35-32-30-28-26-24-22-20-17-14-11-8-5-2/h50H,4-49H2,1-3H3/t50-/m1/s1. The van der Waals surface area contributed by atoms with Gasteiger partial charge in [-0.05, 0) is 19.3 Å². The van der Waals surface area contributed by atoms with Gasteiger partial charge >= 0.3 is 17.9 Å². The number of rotatable bonds is 49. The fourth-order valence-electron chi connectivity index (χ4n) is 8.09. The summed E-state index contributed by atoms with van der Waals surface area (Å²) >= 11 is 0. The molecular weight excluding hydrogens is 733 g/mol. The van der Waals surface area contributed by atoms with Gasteiger partial charge in [-0.2, -0.15) is 0 Å². The van der Waals surface area contributed by atoms with Crippen LogP contribution in [0, 0.1) is 0 Å². The van der Waals surface area contributed by atoms with Crippen molar-refractivity contribution in [2.45, 2.75) is 309 Å². The molecule has 0 amide bonds. The maximum atomic E-state index is 12.8. The van der Waals surface area contributed by atoms with Gasteiger partial charge in [0.1, 0.15) is 13.2 Å². The first kappa shape index (κ1) is 57.4. The normalized spacial score (nSPS) is 11.8. The first-order valence-corrected chi connectivity index (χ1v) is 26.5. The van der Waals surface area contributed by atoms with Gasteiger partial charge in [0.25, 0.3) is 0 Å². The molecule has 0 aliphatic rings. The minimum atomic E-state index is -0.759. The summed E-state index contributed by atoms with van der Waals surface area (Å²) in [6.07, 6.45) is 52.3. The van der Waals surface area contributed by atoms with Crippen LogP contribution >= 0.6 is 0 Å². The van der Waals surface area contributed by atoms with Crippen LogP contribution in [0.3, 0.4) is 0 Å². The predicted octanol–water partition coefficient (Wildman–Crippen LogP) is 17.2. The zero-order valence-electron chi connectivity index (χ0n) is 40.1. The average Bonchev–Trinajstić information content (AvgIpc) is 3.23. The van der Waals surface area contributed by atoms with Crippen molar-refractivity contribution in [1.82, 2.24) is 0 Å². The molecule has 0 bridgehead atoms. The van der Waals surface area contributed by atoms with E-state index in [-0.39, 0.29) is 31.1 Å². The molecule has 0 N–H and O–H groups in total. The quantitative estimate of drug-likeness (QED) is 0.0345. The molecule has 1 atom stereocenters. The van der Waals surface area contributed by atoms with Gasteiger partial charge < -0.3 is 14.2 Å². The van der Waals surface area contributed by atoms with Gasteiger partial charge in [0, 0.05) is 19.3 Å². The van der Waals surface area contributed by atoms with Crippen molar-refractivity contribution >= 4 is 17.9 Å². The van der Waals surface area contributed by atoms with Crippen molar-refractivity contribution in [1.29, 1.82) is 0 Å². The molecule has 0 rings (SSSR count). The van der Waals surface area contributed by atoms with Crippen LogP contribution in [0.1, 0.15) is 303 Å². The third-order valence-corrected chi connectivity index (χ3v) is 12.1. The van der Waals surface area contributed by atoms with E-state index in [0.717, 1.165) is 57.8 Å². The number of ether oxygens (including phenoxy) is 3. The highest BCUT2D eigenvalue weighted by Gasteiger charge is 2.19. The van der Waals surface area contributed by atoms with E-state index in [2.05, 4.69) is 20.8 Å². The Balaban J connectivity index is 4.24. The van der Waals surface area contributed by atoms with Crippen LogP contribution in [0.4, 0.5) is 0 Å². The minimum Gasteiger partial charge on any atom is -0.462 e. The van der Waals surface area contributed by atoms with Crippen molar-refractivity contribution < 1.29 is 28.6 Å². The highest BCUT2D eigenvalue weighted by atomic mass is 16.6. The summed E-state index contributed by atoms with van der Waals surface area (Å²) in [5, 5.41) is 0. The molecule has 0 fully saturated rings. The Hall–Kier alpha value is -1.59. The van der Waals surface area contributed by atoms with E-state index in [0.29, 0.717) is 19.3 Å². The maximum absolute atomic E-state index is 12.8. The SMILES string of the molecule is CCCCCCCCCCCCCCCCCCC(=O)OC[C@@H](COC(=O)CCCCCCCCCCC)OC(=O)CCCCCCCCCCCCCCCCCC. The number of carbonyl (C=O) groups is 3. The van der Waals surface area contributed by atoms with E-state index in [1.807, 2.05) is 0 Å². The summed E-state index contributed by atoms with van der Waals surface area (Å²) in [6, 6.07) is 0. The Morgan fingerprint density at radius 3 is 0.678 bits per heavy atom. The van der Waals surface area contributed by atoms with Gasteiger partial charge in [-0.15, -0.1) is 0 Å². The molecule has 0 aromatic heterocycles. The van der Waals surface area contributed by atoms with Gasteiger partial charge in [0.05, 0.1) is 0 Å². The first-order valence-electron chi connectivity index (χ1n) is 26.5. The van der Waals surface area contributed by atoms with Crippen molar-refractivity contribution in [2.24, 2.45) is 0 Å². The topological polar surface area (TPSA) is 78.9 Å². The van der Waals surface area contributed by atoms with Gasteiger partial charge in [-0.25, -0.2) is 0 Å². The zero-order valence-corrected chi connectivity index (χ0v) is 40.1. The molecule has 0 aromatic rings. The van der Waals surface area contributed by atoms with Crippen molar-refractivity contribution in [3.63, 3.8) is 0 Å². The predicted molar refractivity (Wildman–Crippen MR) is 252 cm³/mol. The lowest BCUT2D eigenvalue weighted by molar-refractivity contribution is -0.167. The lowest BCUT2D eigenvalue weighted by atomic mass is 10.0. The second-order valence-corrected chi connectivity index (χ2v) is 18.2. The van der Waals surface area contributed by atoms with Gasteiger partial charge in [-0.1, -0.05) is 265 Å². The minimum absolute atomic E-state index is 0.0618. The van der Waals surface area contributed by atoms with E-state index in [4.69, 9.17) is 14.2 Å². The molecule has 0 aliphatic heterocycles. The number of hydrogen-bond donors (Lipinski definition) is 0. The Bertz CT molecular complexity index is 874. The first-order chi connectivity index (χ1) is 29.0. The van der Waals surface area contributed by atoms with Crippen LogP contribution in [0.25, 0.3) is 0 Å². The molecule has 6 nitrogen and oxygen atoms in total. The summed E-state index contributed by atoms with van der Waals surface area (Å²) in [6.45, 7) is 6.67. The Morgan fingerprint density at radius 1 is 0.271 bits per heavy atom. The van der Waals surface area contributed by atoms with Crippen LogP contribution in [0.5, 0.6) is 0 Å². The molecular formula is C53H102O6. The molecule has 0 heterocycles. The molecule has 0 unspecified atom stereocenters. The molecule has 350 valence electrons. The number of carbonyl (C=O) groups excluding carboxylic acids is 3. The van der Waals surface area contributed by atoms with Crippen LogP contribution < -0.4 is 0 Å². The highest BCUT2D eigenvalue weighted by molar-refractivity contribution is 5.71. The second-order valence-electron chi connectivity index (χ2n) is 18.2. The third kappa shape index (κ3) is 47.3. The summed E-state index contributed by atoms with van der Waals surface area (Å²) in [7, 11) is 0. The Labute approximate surface area is 368 Å². The fourth-order valence-corrected chi connectivity index (χ4v) is 8.09. The summed E-state index contributed by atoms with van der Waals surface area (Å²) in [5.41, 5.74) is 0. The molecule has 0 aromatic carbocycles. The molecule has 0 radical (unpaired) electrons. The summed E-state index contributed by atoms with van der Waals surface area (Å²) in [4.78, 5) is 37.9. The zero-order chi connectivity index (χ0) is 43.0. The summed E-state index contributed by atoms with van der Waals surface area (Å²) in [5.74, 6) is -0.842. The van der Waals surface area contributed by atoms with Crippen LogP contribution in [0.2, 0.25) is 0 Å². The number of unbranched alkanes of at least 4 members (excludes halogenated alkanes) is 38. The third-order valence-electron chi connectivity index (χ3n) is 12.1.